The number of pyridine rings is 1. The Balaban J connectivity index is 0.000000500. The lowest BCUT2D eigenvalue weighted by Crippen LogP contribution is -2.68. The number of benzene rings is 2. The van der Waals surface area contributed by atoms with E-state index in [-0.39, 0.29) is 0 Å². The molecule has 0 saturated heterocycles. The molecule has 6 heteroatoms. The third-order valence-electron chi connectivity index (χ3n) is 3.45. The standard InChI is InChI=1S/C22H16N.ClHO4/c1-23-21(17-15-19-9-4-2-5-10-19)13-8-14-22(23)18-16-20-11-6-3-7-12-20;2-1(3,4)5/h2-14H,1H3;(H,2,3,4,5)/q+1;/p-1. The van der Waals surface area contributed by atoms with Gasteiger partial charge in [-0.25, -0.2) is 18.6 Å². The minimum absolute atomic E-state index is 0.939. The Morgan fingerprint density at radius 1 is 0.571 bits per heavy atom. The molecule has 0 aliphatic heterocycles. The lowest BCUT2D eigenvalue weighted by Gasteiger charge is -2.17. The molecule has 0 radical (unpaired) electrons. The summed E-state index contributed by atoms with van der Waals surface area (Å²) in [6.07, 6.45) is 0. The molecule has 0 saturated carbocycles. The fraction of sp³-hybridized carbons (Fsp3) is 0.0455. The zero-order valence-corrected chi connectivity index (χ0v) is 15.7. The van der Waals surface area contributed by atoms with Crippen LogP contribution in [-0.2, 0) is 7.05 Å². The molecule has 0 aliphatic rings. The van der Waals surface area contributed by atoms with Crippen LogP contribution in [0.4, 0.5) is 0 Å². The smallest absolute Gasteiger partial charge is 0.222 e. The number of aromatic nitrogens is 1. The van der Waals surface area contributed by atoms with Gasteiger partial charge in [0.05, 0.1) is 0 Å². The van der Waals surface area contributed by atoms with Crippen LogP contribution in [0.2, 0.25) is 0 Å². The van der Waals surface area contributed by atoms with Gasteiger partial charge < -0.3 is 0 Å². The number of nitrogens with zero attached hydrogens (tertiary/aromatic N) is 1. The van der Waals surface area contributed by atoms with E-state index in [1.807, 2.05) is 90.5 Å². The van der Waals surface area contributed by atoms with Crippen molar-refractivity contribution in [1.82, 2.24) is 0 Å². The Labute approximate surface area is 165 Å². The molecule has 2 aromatic carbocycles. The van der Waals surface area contributed by atoms with Crippen molar-refractivity contribution in [2.24, 2.45) is 7.05 Å². The van der Waals surface area contributed by atoms with Crippen molar-refractivity contribution in [3.63, 3.8) is 0 Å². The summed E-state index contributed by atoms with van der Waals surface area (Å²) >= 11 is 0. The van der Waals surface area contributed by atoms with Crippen LogP contribution in [0.15, 0.2) is 78.9 Å². The minimum atomic E-state index is -4.94. The first-order chi connectivity index (χ1) is 13.3. The van der Waals surface area contributed by atoms with Crippen LogP contribution < -0.4 is 23.2 Å². The Kier molecular flexibility index (Phi) is 7.74. The number of hydrogen-bond acceptors (Lipinski definition) is 4. The highest BCUT2D eigenvalue weighted by atomic mass is 35.7. The van der Waals surface area contributed by atoms with Gasteiger partial charge >= 0.3 is 0 Å². The third kappa shape index (κ3) is 8.03. The van der Waals surface area contributed by atoms with Crippen LogP contribution in [0.3, 0.4) is 0 Å². The van der Waals surface area contributed by atoms with Crippen molar-refractivity contribution >= 4 is 0 Å². The molecule has 140 valence electrons. The van der Waals surface area contributed by atoms with E-state index in [4.69, 9.17) is 18.6 Å². The van der Waals surface area contributed by atoms with Crippen molar-refractivity contribution in [1.29, 1.82) is 0 Å². The second kappa shape index (κ2) is 10.2. The zero-order chi connectivity index (χ0) is 20.4. The van der Waals surface area contributed by atoms with E-state index in [9.17, 15) is 0 Å². The fourth-order valence-electron chi connectivity index (χ4n) is 2.15. The van der Waals surface area contributed by atoms with Crippen LogP contribution in [0, 0.1) is 33.9 Å². The molecule has 1 aromatic heterocycles. The van der Waals surface area contributed by atoms with Gasteiger partial charge in [-0.2, -0.15) is 4.57 Å². The maximum atomic E-state index is 8.49. The molecule has 0 bridgehead atoms. The van der Waals surface area contributed by atoms with Gasteiger partial charge in [-0.05, 0) is 30.3 Å². The average Bonchev–Trinajstić information content (AvgIpc) is 2.66. The lowest BCUT2D eigenvalue weighted by molar-refractivity contribution is -2.00. The zero-order valence-electron chi connectivity index (χ0n) is 15.0. The van der Waals surface area contributed by atoms with Gasteiger partial charge in [-0.1, -0.05) is 48.2 Å². The Morgan fingerprint density at radius 3 is 1.29 bits per heavy atom. The summed E-state index contributed by atoms with van der Waals surface area (Å²) in [4.78, 5) is 0. The van der Waals surface area contributed by atoms with Crippen molar-refractivity contribution in [3.8, 4) is 23.7 Å². The van der Waals surface area contributed by atoms with Crippen LogP contribution in [-0.4, -0.2) is 0 Å². The molecule has 0 N–H and O–H groups in total. The first-order valence-corrected chi connectivity index (χ1v) is 9.31. The van der Waals surface area contributed by atoms with Gasteiger partial charge in [0.2, 0.25) is 0 Å². The highest BCUT2D eigenvalue weighted by molar-refractivity contribution is 5.41. The molecule has 0 unspecified atom stereocenters. The van der Waals surface area contributed by atoms with Gasteiger partial charge in [-0.15, -0.1) is 10.2 Å². The summed E-state index contributed by atoms with van der Waals surface area (Å²) in [6.45, 7) is 0. The summed E-state index contributed by atoms with van der Waals surface area (Å²) in [5.41, 5.74) is 3.89. The van der Waals surface area contributed by atoms with Crippen LogP contribution >= 0.6 is 0 Å². The van der Waals surface area contributed by atoms with Gasteiger partial charge in [0, 0.05) is 35.1 Å². The monoisotopic (exact) mass is 393 g/mol. The van der Waals surface area contributed by atoms with E-state index in [1.54, 1.807) is 0 Å². The van der Waals surface area contributed by atoms with E-state index in [1.165, 1.54) is 0 Å². The molecule has 5 nitrogen and oxygen atoms in total. The topological polar surface area (TPSA) is 96.1 Å². The highest BCUT2D eigenvalue weighted by Crippen LogP contribution is 1.99. The predicted molar refractivity (Wildman–Crippen MR) is 92.5 cm³/mol. The third-order valence-corrected chi connectivity index (χ3v) is 3.45. The Morgan fingerprint density at radius 2 is 0.929 bits per heavy atom. The van der Waals surface area contributed by atoms with Crippen LogP contribution in [0.5, 0.6) is 0 Å². The molecule has 0 spiro atoms. The Bertz CT molecular complexity index is 943. The maximum absolute atomic E-state index is 8.49. The number of rotatable bonds is 0. The molecule has 0 fully saturated rings. The molecule has 0 amide bonds. The maximum Gasteiger partial charge on any atom is 0.257 e. The van der Waals surface area contributed by atoms with E-state index in [0.29, 0.717) is 0 Å². The van der Waals surface area contributed by atoms with Gasteiger partial charge in [-0.3, -0.25) is 0 Å². The predicted octanol–water partition coefficient (Wildman–Crippen LogP) is -1.45. The summed E-state index contributed by atoms with van der Waals surface area (Å²) in [6, 6.07) is 26.0. The molecular formula is C22H16ClNO4. The van der Waals surface area contributed by atoms with Crippen LogP contribution in [0.25, 0.3) is 0 Å². The fourth-order valence-corrected chi connectivity index (χ4v) is 2.15. The number of hydrogen-bond donors (Lipinski definition) is 0. The summed E-state index contributed by atoms with van der Waals surface area (Å²) in [5, 5.41) is 0. The minimum Gasteiger partial charge on any atom is -0.222 e. The van der Waals surface area contributed by atoms with Crippen molar-refractivity contribution in [2.45, 2.75) is 0 Å². The quantitative estimate of drug-likeness (QED) is 0.345. The molecule has 0 aliphatic carbocycles. The molecule has 28 heavy (non-hydrogen) atoms. The Hall–Kier alpha value is -3.16. The lowest BCUT2D eigenvalue weighted by atomic mass is 10.2. The van der Waals surface area contributed by atoms with E-state index in [2.05, 4.69) is 23.7 Å². The largest absolute Gasteiger partial charge is 0.257 e. The van der Waals surface area contributed by atoms with E-state index >= 15 is 0 Å². The van der Waals surface area contributed by atoms with E-state index < -0.39 is 10.2 Å². The normalized spacial score (nSPS) is 9.75. The second-order valence-corrected chi connectivity index (χ2v) is 6.22. The van der Waals surface area contributed by atoms with Gasteiger partial charge in [0.1, 0.15) is 7.05 Å². The summed E-state index contributed by atoms with van der Waals surface area (Å²) in [5.74, 6) is 12.8. The van der Waals surface area contributed by atoms with Gasteiger partial charge in [0.15, 0.2) is 0 Å². The summed E-state index contributed by atoms with van der Waals surface area (Å²) < 4.78 is 36.0. The molecular weight excluding hydrogens is 378 g/mol. The van der Waals surface area contributed by atoms with Gasteiger partial charge in [0.25, 0.3) is 11.4 Å². The second-order valence-electron chi connectivity index (χ2n) is 5.47. The van der Waals surface area contributed by atoms with E-state index in [0.717, 1.165) is 22.5 Å². The van der Waals surface area contributed by atoms with Crippen molar-refractivity contribution in [2.75, 3.05) is 0 Å². The molecule has 0 atom stereocenters. The molecule has 1 heterocycles. The highest BCUT2D eigenvalue weighted by Gasteiger charge is 2.07. The van der Waals surface area contributed by atoms with Crippen LogP contribution in [0.1, 0.15) is 22.5 Å². The first-order valence-electron chi connectivity index (χ1n) is 8.08. The SMILES string of the molecule is C[n+]1c(C#Cc2ccccc2)cccc1C#Cc1ccccc1.[O-][Cl+3]([O-])([O-])[O-]. The number of halogens is 1. The van der Waals surface area contributed by atoms with Crippen molar-refractivity contribution in [3.05, 3.63) is 101 Å². The summed E-state index contributed by atoms with van der Waals surface area (Å²) in [7, 11) is -2.95. The molecule has 3 rings (SSSR count). The molecule has 3 aromatic rings. The first kappa shape index (κ1) is 21.1. The van der Waals surface area contributed by atoms with Crippen molar-refractivity contribution < 1.29 is 33.4 Å². The average molecular weight is 394 g/mol.